The highest BCUT2D eigenvalue weighted by molar-refractivity contribution is 5.95. The molecule has 17 heavy (non-hydrogen) atoms. The molecule has 5 nitrogen and oxygen atoms in total. The minimum Gasteiger partial charge on any atom is -0.394 e. The molecule has 1 heterocycles. The summed E-state index contributed by atoms with van der Waals surface area (Å²) in [4.78, 5) is 12.0. The topological polar surface area (TPSA) is 67.2 Å². The number of nitrogens with one attached hydrogen (secondary N) is 1. The van der Waals surface area contributed by atoms with Crippen molar-refractivity contribution >= 4 is 5.91 Å². The van der Waals surface area contributed by atoms with Gasteiger partial charge in [-0.2, -0.15) is 5.10 Å². The number of hydrogen-bond acceptors (Lipinski definition) is 3. The van der Waals surface area contributed by atoms with Crippen LogP contribution in [0, 0.1) is 0 Å². The SMILES string of the molecule is CCn1cc(C(=O)NC(C)CO)c(C(C)C)n1. The molecule has 0 bridgehead atoms. The Morgan fingerprint density at radius 3 is 2.65 bits per heavy atom. The Morgan fingerprint density at radius 1 is 1.53 bits per heavy atom. The molecule has 1 rings (SSSR count). The van der Waals surface area contributed by atoms with Gasteiger partial charge in [-0.15, -0.1) is 0 Å². The fourth-order valence-electron chi connectivity index (χ4n) is 1.55. The summed E-state index contributed by atoms with van der Waals surface area (Å²) in [5.41, 5.74) is 1.40. The zero-order valence-electron chi connectivity index (χ0n) is 10.9. The van der Waals surface area contributed by atoms with Gasteiger partial charge in [0, 0.05) is 18.8 Å². The van der Waals surface area contributed by atoms with Crippen LogP contribution < -0.4 is 5.32 Å². The minimum absolute atomic E-state index is 0.0648. The molecule has 1 atom stereocenters. The maximum Gasteiger partial charge on any atom is 0.255 e. The number of carbonyl (C=O) groups excluding carboxylic acids is 1. The first-order valence-corrected chi connectivity index (χ1v) is 5.98. The molecule has 1 unspecified atom stereocenters. The third-order valence-electron chi connectivity index (χ3n) is 2.56. The third kappa shape index (κ3) is 3.30. The fourth-order valence-corrected chi connectivity index (χ4v) is 1.55. The van der Waals surface area contributed by atoms with Crippen LogP contribution in [-0.4, -0.2) is 33.4 Å². The van der Waals surface area contributed by atoms with Crippen molar-refractivity contribution in [2.75, 3.05) is 6.61 Å². The number of rotatable bonds is 5. The first kappa shape index (κ1) is 13.7. The Balaban J connectivity index is 2.95. The van der Waals surface area contributed by atoms with Crippen LogP contribution in [0.25, 0.3) is 0 Å². The number of aliphatic hydroxyl groups is 1. The summed E-state index contributed by atoms with van der Waals surface area (Å²) in [6.07, 6.45) is 1.76. The second kappa shape index (κ2) is 5.82. The van der Waals surface area contributed by atoms with Crippen molar-refractivity contribution in [1.82, 2.24) is 15.1 Å². The van der Waals surface area contributed by atoms with E-state index in [1.165, 1.54) is 0 Å². The molecule has 1 aromatic rings. The van der Waals surface area contributed by atoms with Gasteiger partial charge in [0.25, 0.3) is 5.91 Å². The number of carbonyl (C=O) groups is 1. The van der Waals surface area contributed by atoms with Crippen molar-refractivity contribution < 1.29 is 9.90 Å². The number of amides is 1. The molecule has 0 saturated heterocycles. The van der Waals surface area contributed by atoms with Gasteiger partial charge in [0.15, 0.2) is 0 Å². The first-order valence-electron chi connectivity index (χ1n) is 5.98. The molecule has 5 heteroatoms. The molecule has 96 valence electrons. The molecule has 2 N–H and O–H groups in total. The molecular weight excluding hydrogens is 218 g/mol. The lowest BCUT2D eigenvalue weighted by Crippen LogP contribution is -2.35. The van der Waals surface area contributed by atoms with Gasteiger partial charge in [-0.05, 0) is 19.8 Å². The predicted octanol–water partition coefficient (Wildman–Crippen LogP) is 1.14. The maximum absolute atomic E-state index is 12.0. The smallest absolute Gasteiger partial charge is 0.255 e. The number of aliphatic hydroxyl groups excluding tert-OH is 1. The van der Waals surface area contributed by atoms with Crippen LogP contribution in [0.5, 0.6) is 0 Å². The van der Waals surface area contributed by atoms with Crippen LogP contribution in [0.15, 0.2) is 6.20 Å². The van der Waals surface area contributed by atoms with Gasteiger partial charge in [0.1, 0.15) is 0 Å². The van der Waals surface area contributed by atoms with E-state index in [1.54, 1.807) is 17.8 Å². The molecule has 0 spiro atoms. The average molecular weight is 239 g/mol. The normalized spacial score (nSPS) is 12.8. The fraction of sp³-hybridized carbons (Fsp3) is 0.667. The summed E-state index contributed by atoms with van der Waals surface area (Å²) in [5, 5.41) is 16.0. The van der Waals surface area contributed by atoms with Crippen LogP contribution in [0.4, 0.5) is 0 Å². The van der Waals surface area contributed by atoms with E-state index in [1.807, 2.05) is 20.8 Å². The Hall–Kier alpha value is -1.36. The summed E-state index contributed by atoms with van der Waals surface area (Å²) in [7, 11) is 0. The number of aromatic nitrogens is 2. The van der Waals surface area contributed by atoms with E-state index in [0.717, 1.165) is 12.2 Å². The molecule has 1 amide bonds. The van der Waals surface area contributed by atoms with E-state index in [4.69, 9.17) is 5.11 Å². The molecule has 0 saturated carbocycles. The number of aryl methyl sites for hydroxylation is 1. The summed E-state index contributed by atoms with van der Waals surface area (Å²) < 4.78 is 1.76. The first-order chi connectivity index (χ1) is 7.99. The lowest BCUT2D eigenvalue weighted by molar-refractivity contribution is 0.0921. The largest absolute Gasteiger partial charge is 0.394 e. The predicted molar refractivity (Wildman–Crippen MR) is 66.0 cm³/mol. The van der Waals surface area contributed by atoms with Gasteiger partial charge in [-0.1, -0.05) is 13.8 Å². The second-order valence-electron chi connectivity index (χ2n) is 4.50. The lowest BCUT2D eigenvalue weighted by Gasteiger charge is -2.11. The van der Waals surface area contributed by atoms with Crippen molar-refractivity contribution in [2.45, 2.75) is 46.2 Å². The minimum atomic E-state index is -0.243. The Kier molecular flexibility index (Phi) is 4.69. The average Bonchev–Trinajstić information content (AvgIpc) is 2.72. The van der Waals surface area contributed by atoms with Crippen LogP contribution in [0.1, 0.15) is 49.7 Å². The molecule has 1 aromatic heterocycles. The quantitative estimate of drug-likeness (QED) is 0.809. The van der Waals surface area contributed by atoms with E-state index in [0.29, 0.717) is 5.56 Å². The van der Waals surface area contributed by atoms with E-state index in [2.05, 4.69) is 10.4 Å². The van der Waals surface area contributed by atoms with Gasteiger partial charge in [0.05, 0.1) is 17.9 Å². The van der Waals surface area contributed by atoms with E-state index >= 15 is 0 Å². The Bertz CT molecular complexity index is 385. The molecular formula is C12H21N3O2. The molecule has 0 aliphatic carbocycles. The van der Waals surface area contributed by atoms with Gasteiger partial charge >= 0.3 is 0 Å². The summed E-state index contributed by atoms with van der Waals surface area (Å²) in [6.45, 7) is 8.43. The maximum atomic E-state index is 12.0. The van der Waals surface area contributed by atoms with Crippen molar-refractivity contribution in [2.24, 2.45) is 0 Å². The molecule has 0 aromatic carbocycles. The Labute approximate surface area is 102 Å². The van der Waals surface area contributed by atoms with Crippen molar-refractivity contribution in [3.8, 4) is 0 Å². The lowest BCUT2D eigenvalue weighted by atomic mass is 10.1. The van der Waals surface area contributed by atoms with Crippen molar-refractivity contribution in [3.63, 3.8) is 0 Å². The second-order valence-corrected chi connectivity index (χ2v) is 4.50. The zero-order chi connectivity index (χ0) is 13.0. The van der Waals surface area contributed by atoms with Gasteiger partial charge in [0.2, 0.25) is 0 Å². The highest BCUT2D eigenvalue weighted by Gasteiger charge is 2.19. The van der Waals surface area contributed by atoms with Gasteiger partial charge in [-0.3, -0.25) is 9.48 Å². The van der Waals surface area contributed by atoms with Crippen LogP contribution in [0.2, 0.25) is 0 Å². The molecule has 0 aliphatic rings. The van der Waals surface area contributed by atoms with Crippen LogP contribution in [0.3, 0.4) is 0 Å². The summed E-state index contributed by atoms with van der Waals surface area (Å²) in [6, 6.07) is -0.243. The van der Waals surface area contributed by atoms with Gasteiger partial charge < -0.3 is 10.4 Å². The number of hydrogen-bond donors (Lipinski definition) is 2. The van der Waals surface area contributed by atoms with Crippen molar-refractivity contribution in [1.29, 1.82) is 0 Å². The van der Waals surface area contributed by atoms with Gasteiger partial charge in [-0.25, -0.2) is 0 Å². The van der Waals surface area contributed by atoms with Crippen LogP contribution >= 0.6 is 0 Å². The highest BCUT2D eigenvalue weighted by atomic mass is 16.3. The summed E-state index contributed by atoms with van der Waals surface area (Å²) in [5.74, 6) is 0.0305. The summed E-state index contributed by atoms with van der Waals surface area (Å²) >= 11 is 0. The molecule has 0 aliphatic heterocycles. The third-order valence-corrected chi connectivity index (χ3v) is 2.56. The van der Waals surface area contributed by atoms with Crippen LogP contribution in [-0.2, 0) is 6.54 Å². The van der Waals surface area contributed by atoms with E-state index in [9.17, 15) is 4.79 Å². The Morgan fingerprint density at radius 2 is 2.18 bits per heavy atom. The molecule has 0 fully saturated rings. The number of nitrogens with zero attached hydrogens (tertiary/aromatic N) is 2. The standard InChI is InChI=1S/C12H21N3O2/c1-5-15-6-10(11(14-15)8(2)3)12(17)13-9(4)7-16/h6,8-9,16H,5,7H2,1-4H3,(H,13,17). The highest BCUT2D eigenvalue weighted by Crippen LogP contribution is 2.17. The zero-order valence-corrected chi connectivity index (χ0v) is 10.9. The van der Waals surface area contributed by atoms with Crippen molar-refractivity contribution in [3.05, 3.63) is 17.5 Å². The van der Waals surface area contributed by atoms with E-state index < -0.39 is 0 Å². The monoisotopic (exact) mass is 239 g/mol. The molecule has 0 radical (unpaired) electrons. The van der Waals surface area contributed by atoms with E-state index in [-0.39, 0.29) is 24.5 Å².